The van der Waals surface area contributed by atoms with Crippen LogP contribution in [0.4, 0.5) is 0 Å². The van der Waals surface area contributed by atoms with E-state index in [1.54, 1.807) is 25.1 Å². The Morgan fingerprint density at radius 3 is 3.00 bits per heavy atom. The summed E-state index contributed by atoms with van der Waals surface area (Å²) in [5.74, 6) is 0.203. The molecule has 0 spiro atoms. The molecule has 0 saturated carbocycles. The first-order valence-corrected chi connectivity index (χ1v) is 7.81. The molecule has 1 aromatic carbocycles. The molecule has 21 heavy (non-hydrogen) atoms. The van der Waals surface area contributed by atoms with E-state index in [2.05, 4.69) is 21.2 Å². The van der Waals surface area contributed by atoms with E-state index >= 15 is 0 Å². The predicted octanol–water partition coefficient (Wildman–Crippen LogP) is 2.22. The van der Waals surface area contributed by atoms with Crippen LogP contribution in [-0.4, -0.2) is 42.5 Å². The normalized spacial score (nSPS) is 16.9. The number of halogens is 2. The van der Waals surface area contributed by atoms with Crippen LogP contribution in [0.2, 0.25) is 5.02 Å². The second-order valence-corrected chi connectivity index (χ2v) is 6.09. The van der Waals surface area contributed by atoms with Crippen LogP contribution in [0.1, 0.15) is 13.3 Å². The van der Waals surface area contributed by atoms with Gasteiger partial charge < -0.3 is 15.0 Å². The summed E-state index contributed by atoms with van der Waals surface area (Å²) in [4.78, 5) is 25.4. The van der Waals surface area contributed by atoms with Gasteiger partial charge in [0.2, 0.25) is 5.91 Å². The second-order valence-electron chi connectivity index (χ2n) is 4.80. The Balaban J connectivity index is 2.03. The maximum absolute atomic E-state index is 12.4. The minimum Gasteiger partial charge on any atom is -0.480 e. The third-order valence-electron chi connectivity index (χ3n) is 3.12. The molecule has 1 aliphatic heterocycles. The zero-order chi connectivity index (χ0) is 15.4. The molecule has 2 rings (SSSR count). The topological polar surface area (TPSA) is 58.6 Å². The summed E-state index contributed by atoms with van der Waals surface area (Å²) < 4.78 is 6.35. The van der Waals surface area contributed by atoms with Crippen LogP contribution in [0.3, 0.4) is 0 Å². The molecule has 0 bridgehead atoms. The van der Waals surface area contributed by atoms with Gasteiger partial charge in [0, 0.05) is 18.1 Å². The van der Waals surface area contributed by atoms with Crippen LogP contribution in [0, 0.1) is 0 Å². The maximum atomic E-state index is 12.4. The number of rotatable bonds is 3. The lowest BCUT2D eigenvalue weighted by Crippen LogP contribution is -2.43. The van der Waals surface area contributed by atoms with Gasteiger partial charge in [-0.2, -0.15) is 0 Å². The van der Waals surface area contributed by atoms with Crippen molar-refractivity contribution >= 4 is 39.3 Å². The SMILES string of the molecule is CC(Oc1ccc(Cl)cc1Br)C(=O)N1CCCNC(=O)C1. The first-order chi connectivity index (χ1) is 9.97. The highest BCUT2D eigenvalue weighted by molar-refractivity contribution is 9.10. The molecular weight excluding hydrogens is 360 g/mol. The number of ether oxygens (including phenoxy) is 1. The Morgan fingerprint density at radius 2 is 2.29 bits per heavy atom. The van der Waals surface area contributed by atoms with E-state index in [1.807, 2.05) is 0 Å². The van der Waals surface area contributed by atoms with Crippen LogP contribution in [0.5, 0.6) is 5.75 Å². The molecule has 1 heterocycles. The third kappa shape index (κ3) is 4.35. The average molecular weight is 376 g/mol. The van der Waals surface area contributed by atoms with Crippen molar-refractivity contribution in [3.05, 3.63) is 27.7 Å². The molecular formula is C14H16BrClN2O3. The van der Waals surface area contributed by atoms with Crippen molar-refractivity contribution in [3.8, 4) is 5.75 Å². The molecule has 7 heteroatoms. The molecule has 1 fully saturated rings. The Labute approximate surface area is 136 Å². The fourth-order valence-corrected chi connectivity index (χ4v) is 2.84. The molecule has 114 valence electrons. The Morgan fingerprint density at radius 1 is 1.52 bits per heavy atom. The fourth-order valence-electron chi connectivity index (χ4n) is 2.06. The van der Waals surface area contributed by atoms with E-state index < -0.39 is 6.10 Å². The highest BCUT2D eigenvalue weighted by Gasteiger charge is 2.25. The molecule has 1 N–H and O–H groups in total. The van der Waals surface area contributed by atoms with Gasteiger partial charge in [0.1, 0.15) is 5.75 Å². The molecule has 1 aliphatic rings. The Kier molecular flexibility index (Phi) is 5.47. The number of nitrogens with one attached hydrogen (secondary N) is 1. The van der Waals surface area contributed by atoms with Gasteiger partial charge in [-0.3, -0.25) is 9.59 Å². The minimum atomic E-state index is -0.673. The van der Waals surface area contributed by atoms with Gasteiger partial charge in [-0.05, 0) is 47.5 Å². The summed E-state index contributed by atoms with van der Waals surface area (Å²) in [5.41, 5.74) is 0. The van der Waals surface area contributed by atoms with Crippen molar-refractivity contribution in [2.75, 3.05) is 19.6 Å². The van der Waals surface area contributed by atoms with Crippen molar-refractivity contribution in [1.82, 2.24) is 10.2 Å². The summed E-state index contributed by atoms with van der Waals surface area (Å²) in [6, 6.07) is 5.09. The van der Waals surface area contributed by atoms with Gasteiger partial charge in [-0.15, -0.1) is 0 Å². The quantitative estimate of drug-likeness (QED) is 0.881. The van der Waals surface area contributed by atoms with Gasteiger partial charge in [0.25, 0.3) is 5.91 Å². The van der Waals surface area contributed by atoms with Crippen molar-refractivity contribution in [1.29, 1.82) is 0 Å². The summed E-state index contributed by atoms with van der Waals surface area (Å²) in [6.45, 7) is 2.90. The number of amides is 2. The van der Waals surface area contributed by atoms with E-state index in [0.717, 1.165) is 6.42 Å². The molecule has 0 aromatic heterocycles. The first kappa shape index (κ1) is 16.1. The molecule has 2 amide bonds. The first-order valence-electron chi connectivity index (χ1n) is 6.64. The van der Waals surface area contributed by atoms with Gasteiger partial charge >= 0.3 is 0 Å². The van der Waals surface area contributed by atoms with Crippen LogP contribution in [-0.2, 0) is 9.59 Å². The summed E-state index contributed by atoms with van der Waals surface area (Å²) in [5, 5.41) is 3.32. The predicted molar refractivity (Wildman–Crippen MR) is 83.4 cm³/mol. The van der Waals surface area contributed by atoms with Gasteiger partial charge in [0.05, 0.1) is 11.0 Å². The molecule has 0 radical (unpaired) electrons. The second kappa shape index (κ2) is 7.13. The summed E-state index contributed by atoms with van der Waals surface area (Å²) >= 11 is 9.21. The van der Waals surface area contributed by atoms with E-state index in [4.69, 9.17) is 16.3 Å². The van der Waals surface area contributed by atoms with Crippen LogP contribution < -0.4 is 10.1 Å². The lowest BCUT2D eigenvalue weighted by Gasteiger charge is -2.24. The zero-order valence-corrected chi connectivity index (χ0v) is 13.9. The highest BCUT2D eigenvalue weighted by Crippen LogP contribution is 2.29. The lowest BCUT2D eigenvalue weighted by molar-refractivity contribution is -0.140. The third-order valence-corrected chi connectivity index (χ3v) is 3.97. The fraction of sp³-hybridized carbons (Fsp3) is 0.429. The van der Waals surface area contributed by atoms with Gasteiger partial charge in [0.15, 0.2) is 6.10 Å². The van der Waals surface area contributed by atoms with Crippen LogP contribution in [0.15, 0.2) is 22.7 Å². The lowest BCUT2D eigenvalue weighted by atomic mass is 10.3. The number of nitrogens with zero attached hydrogens (tertiary/aromatic N) is 1. The van der Waals surface area contributed by atoms with Crippen molar-refractivity contribution < 1.29 is 14.3 Å². The van der Waals surface area contributed by atoms with Crippen LogP contribution in [0.25, 0.3) is 0 Å². The number of carbonyl (C=O) groups is 2. The van der Waals surface area contributed by atoms with E-state index in [1.165, 1.54) is 4.90 Å². The molecule has 1 unspecified atom stereocenters. The molecule has 0 aliphatic carbocycles. The van der Waals surface area contributed by atoms with E-state index in [0.29, 0.717) is 28.3 Å². The van der Waals surface area contributed by atoms with Gasteiger partial charge in [-0.1, -0.05) is 11.6 Å². The minimum absolute atomic E-state index is 0.0777. The smallest absolute Gasteiger partial charge is 0.263 e. The zero-order valence-electron chi connectivity index (χ0n) is 11.6. The number of benzene rings is 1. The van der Waals surface area contributed by atoms with Crippen molar-refractivity contribution in [2.45, 2.75) is 19.4 Å². The number of carbonyl (C=O) groups excluding carboxylic acids is 2. The number of hydrogen-bond acceptors (Lipinski definition) is 3. The summed E-state index contributed by atoms with van der Waals surface area (Å²) in [7, 11) is 0. The Bertz CT molecular complexity index is 553. The standard InChI is InChI=1S/C14H16BrClN2O3/c1-9(21-12-4-3-10(16)7-11(12)15)14(20)18-6-2-5-17-13(19)8-18/h3-4,7,9H,2,5-6,8H2,1H3,(H,17,19). The molecule has 5 nitrogen and oxygen atoms in total. The summed E-state index contributed by atoms with van der Waals surface area (Å²) in [6.07, 6.45) is 0.0721. The average Bonchev–Trinajstić information content (AvgIpc) is 2.65. The monoisotopic (exact) mass is 374 g/mol. The maximum Gasteiger partial charge on any atom is 0.263 e. The highest BCUT2D eigenvalue weighted by atomic mass is 79.9. The van der Waals surface area contributed by atoms with E-state index in [-0.39, 0.29) is 18.4 Å². The number of hydrogen-bond donors (Lipinski definition) is 1. The van der Waals surface area contributed by atoms with Crippen molar-refractivity contribution in [3.63, 3.8) is 0 Å². The molecule has 1 atom stereocenters. The largest absolute Gasteiger partial charge is 0.480 e. The van der Waals surface area contributed by atoms with Crippen molar-refractivity contribution in [2.24, 2.45) is 0 Å². The van der Waals surface area contributed by atoms with Gasteiger partial charge in [-0.25, -0.2) is 0 Å². The Hall–Kier alpha value is -1.27. The van der Waals surface area contributed by atoms with Crippen LogP contribution >= 0.6 is 27.5 Å². The molecule has 1 aromatic rings. The molecule has 1 saturated heterocycles. The van der Waals surface area contributed by atoms with E-state index in [9.17, 15) is 9.59 Å².